The number of imidazole rings is 1. The first kappa shape index (κ1) is 17.8. The number of anilines is 1. The zero-order valence-electron chi connectivity index (χ0n) is 14.0. The molecule has 0 atom stereocenters. The van der Waals surface area contributed by atoms with E-state index in [0.29, 0.717) is 24.3 Å². The van der Waals surface area contributed by atoms with Crippen molar-refractivity contribution in [3.05, 3.63) is 57.0 Å². The summed E-state index contributed by atoms with van der Waals surface area (Å²) >= 11 is 0. The number of alkyl halides is 3. The zero-order chi connectivity index (χ0) is 19.1. The number of fused-ring (bicyclic) bond motifs is 1. The van der Waals surface area contributed by atoms with Gasteiger partial charge in [0.1, 0.15) is 0 Å². The van der Waals surface area contributed by atoms with E-state index in [4.69, 9.17) is 0 Å². The van der Waals surface area contributed by atoms with Crippen molar-refractivity contribution in [2.75, 3.05) is 11.9 Å². The molecule has 0 aliphatic heterocycles. The molecule has 0 saturated heterocycles. The molecule has 1 aromatic carbocycles. The van der Waals surface area contributed by atoms with E-state index in [2.05, 4.69) is 10.3 Å². The van der Waals surface area contributed by atoms with Crippen molar-refractivity contribution in [1.82, 2.24) is 18.7 Å². The van der Waals surface area contributed by atoms with E-state index in [1.807, 2.05) is 0 Å². The van der Waals surface area contributed by atoms with Gasteiger partial charge in [-0.3, -0.25) is 13.9 Å². The lowest BCUT2D eigenvalue weighted by Crippen LogP contribution is -2.37. The van der Waals surface area contributed by atoms with Crippen LogP contribution in [0.2, 0.25) is 0 Å². The van der Waals surface area contributed by atoms with Crippen molar-refractivity contribution in [2.45, 2.75) is 12.7 Å². The van der Waals surface area contributed by atoms with Crippen LogP contribution in [-0.2, 0) is 26.8 Å². The maximum absolute atomic E-state index is 12.6. The Morgan fingerprint density at radius 1 is 1.08 bits per heavy atom. The third kappa shape index (κ3) is 3.09. The van der Waals surface area contributed by atoms with Crippen molar-refractivity contribution in [3.8, 4) is 0 Å². The number of benzene rings is 1. The number of rotatable bonds is 4. The van der Waals surface area contributed by atoms with Crippen LogP contribution in [-0.4, -0.2) is 25.2 Å². The van der Waals surface area contributed by atoms with E-state index in [1.165, 1.54) is 37.1 Å². The third-order valence-electron chi connectivity index (χ3n) is 4.11. The predicted molar refractivity (Wildman–Crippen MR) is 90.1 cm³/mol. The minimum atomic E-state index is -4.37. The van der Waals surface area contributed by atoms with Gasteiger partial charge in [0, 0.05) is 32.9 Å². The van der Waals surface area contributed by atoms with Crippen molar-refractivity contribution in [1.29, 1.82) is 0 Å². The molecule has 2 aromatic heterocycles. The van der Waals surface area contributed by atoms with Gasteiger partial charge in [0.25, 0.3) is 5.56 Å². The van der Waals surface area contributed by atoms with Gasteiger partial charge in [0.2, 0.25) is 0 Å². The largest absolute Gasteiger partial charge is 0.416 e. The summed E-state index contributed by atoms with van der Waals surface area (Å²) in [6.45, 7) is 0.716. The van der Waals surface area contributed by atoms with Gasteiger partial charge in [0.15, 0.2) is 11.2 Å². The lowest BCUT2D eigenvalue weighted by atomic mass is 10.2. The topological polar surface area (TPSA) is 73.8 Å². The SMILES string of the molecule is Cn1c(=O)c2c(ncn2CCNc2ccc(C(F)(F)F)cc2)n(C)c1=O. The molecule has 0 bridgehead atoms. The molecule has 0 amide bonds. The van der Waals surface area contributed by atoms with Crippen molar-refractivity contribution < 1.29 is 13.2 Å². The highest BCUT2D eigenvalue weighted by Gasteiger charge is 2.29. The molecule has 0 unspecified atom stereocenters. The van der Waals surface area contributed by atoms with Gasteiger partial charge in [-0.1, -0.05) is 0 Å². The molecule has 3 aromatic rings. The Hall–Kier alpha value is -3.04. The Morgan fingerprint density at radius 3 is 2.35 bits per heavy atom. The average Bonchev–Trinajstić information content (AvgIpc) is 3.02. The summed E-state index contributed by atoms with van der Waals surface area (Å²) in [6, 6.07) is 4.69. The van der Waals surface area contributed by atoms with Crippen LogP contribution in [0.3, 0.4) is 0 Å². The second kappa shape index (κ2) is 6.36. The van der Waals surface area contributed by atoms with Crippen molar-refractivity contribution in [3.63, 3.8) is 0 Å². The fourth-order valence-electron chi connectivity index (χ4n) is 2.66. The quantitative estimate of drug-likeness (QED) is 0.760. The van der Waals surface area contributed by atoms with Crippen LogP contribution in [0.25, 0.3) is 11.2 Å². The van der Waals surface area contributed by atoms with Crippen LogP contribution in [0.15, 0.2) is 40.2 Å². The lowest BCUT2D eigenvalue weighted by Gasteiger charge is -2.10. The van der Waals surface area contributed by atoms with Crippen LogP contribution in [0.1, 0.15) is 5.56 Å². The zero-order valence-corrected chi connectivity index (χ0v) is 14.0. The summed E-state index contributed by atoms with van der Waals surface area (Å²) in [5, 5.41) is 2.99. The normalized spacial score (nSPS) is 11.9. The molecule has 1 N–H and O–H groups in total. The smallest absolute Gasteiger partial charge is 0.383 e. The van der Waals surface area contributed by atoms with Crippen molar-refractivity contribution >= 4 is 16.9 Å². The average molecular weight is 367 g/mol. The molecule has 0 saturated carbocycles. The van der Waals surface area contributed by atoms with Crippen LogP contribution in [0, 0.1) is 0 Å². The number of aromatic nitrogens is 4. The summed E-state index contributed by atoms with van der Waals surface area (Å²) in [6.07, 6.45) is -2.91. The molecular weight excluding hydrogens is 351 g/mol. The van der Waals surface area contributed by atoms with Crippen molar-refractivity contribution in [2.24, 2.45) is 14.1 Å². The molecule has 10 heteroatoms. The lowest BCUT2D eigenvalue weighted by molar-refractivity contribution is -0.137. The van der Waals surface area contributed by atoms with E-state index >= 15 is 0 Å². The van der Waals surface area contributed by atoms with Gasteiger partial charge in [-0.05, 0) is 24.3 Å². The maximum Gasteiger partial charge on any atom is 0.416 e. The molecule has 0 aliphatic carbocycles. The molecule has 0 radical (unpaired) electrons. The van der Waals surface area contributed by atoms with Gasteiger partial charge in [0.05, 0.1) is 11.9 Å². The first-order valence-electron chi connectivity index (χ1n) is 7.72. The Balaban J connectivity index is 1.77. The fourth-order valence-corrected chi connectivity index (χ4v) is 2.66. The first-order chi connectivity index (χ1) is 12.2. The number of hydrogen-bond donors (Lipinski definition) is 1. The molecule has 0 fully saturated rings. The summed E-state index contributed by atoms with van der Waals surface area (Å²) in [7, 11) is 2.92. The highest BCUT2D eigenvalue weighted by Crippen LogP contribution is 2.29. The number of hydrogen-bond acceptors (Lipinski definition) is 4. The monoisotopic (exact) mass is 367 g/mol. The van der Waals surface area contributed by atoms with Crippen LogP contribution in [0.5, 0.6) is 0 Å². The molecule has 26 heavy (non-hydrogen) atoms. The minimum Gasteiger partial charge on any atom is -0.383 e. The number of nitrogens with zero attached hydrogens (tertiary/aromatic N) is 4. The molecule has 2 heterocycles. The van der Waals surface area contributed by atoms with Gasteiger partial charge in [-0.25, -0.2) is 9.78 Å². The molecule has 0 spiro atoms. The summed E-state index contributed by atoms with van der Waals surface area (Å²) in [5.41, 5.74) is -0.516. The van der Waals surface area contributed by atoms with Gasteiger partial charge >= 0.3 is 11.9 Å². The number of halogens is 3. The second-order valence-electron chi connectivity index (χ2n) is 5.82. The maximum atomic E-state index is 12.6. The van der Waals surface area contributed by atoms with E-state index < -0.39 is 23.0 Å². The number of aryl methyl sites for hydroxylation is 1. The summed E-state index contributed by atoms with van der Waals surface area (Å²) < 4.78 is 41.5. The van der Waals surface area contributed by atoms with E-state index in [0.717, 1.165) is 16.7 Å². The second-order valence-corrected chi connectivity index (χ2v) is 5.82. The summed E-state index contributed by atoms with van der Waals surface area (Å²) in [4.78, 5) is 28.3. The van der Waals surface area contributed by atoms with E-state index in [-0.39, 0.29) is 5.65 Å². The predicted octanol–water partition coefficient (Wildman–Crippen LogP) is 1.56. The Morgan fingerprint density at radius 2 is 1.73 bits per heavy atom. The van der Waals surface area contributed by atoms with Gasteiger partial charge < -0.3 is 9.88 Å². The fraction of sp³-hybridized carbons (Fsp3) is 0.312. The Bertz CT molecular complexity index is 1060. The van der Waals surface area contributed by atoms with Crippen LogP contribution in [0.4, 0.5) is 18.9 Å². The van der Waals surface area contributed by atoms with E-state index in [1.54, 1.807) is 4.57 Å². The van der Waals surface area contributed by atoms with Gasteiger partial charge in [-0.15, -0.1) is 0 Å². The third-order valence-corrected chi connectivity index (χ3v) is 4.11. The number of nitrogens with one attached hydrogen (secondary N) is 1. The van der Waals surface area contributed by atoms with Crippen LogP contribution >= 0.6 is 0 Å². The summed E-state index contributed by atoms with van der Waals surface area (Å²) in [5.74, 6) is 0. The Labute approximate surface area is 145 Å². The highest BCUT2D eigenvalue weighted by atomic mass is 19.4. The highest BCUT2D eigenvalue weighted by molar-refractivity contribution is 5.69. The molecule has 3 rings (SSSR count). The van der Waals surface area contributed by atoms with Crippen LogP contribution < -0.4 is 16.6 Å². The van der Waals surface area contributed by atoms with E-state index in [9.17, 15) is 22.8 Å². The molecule has 0 aliphatic rings. The Kier molecular flexibility index (Phi) is 4.34. The standard InChI is InChI=1S/C16H16F3N5O2/c1-22-13-12(14(25)23(2)15(22)26)24(9-21-13)8-7-20-11-5-3-10(4-6-11)16(17,18)19/h3-6,9,20H,7-8H2,1-2H3. The molecular formula is C16H16F3N5O2. The molecule has 7 nitrogen and oxygen atoms in total. The molecule has 138 valence electrons. The van der Waals surface area contributed by atoms with Gasteiger partial charge in [-0.2, -0.15) is 13.2 Å². The minimum absolute atomic E-state index is 0.285. The first-order valence-corrected chi connectivity index (χ1v) is 7.72.